The van der Waals surface area contributed by atoms with Crippen molar-refractivity contribution >= 4 is 15.7 Å². The largest absolute Gasteiger partial charge is 0.282 e. The zero-order valence-corrected chi connectivity index (χ0v) is 8.43. The molecule has 1 aromatic heterocycles. The summed E-state index contributed by atoms with van der Waals surface area (Å²) in [6.07, 6.45) is 5.16. The van der Waals surface area contributed by atoms with Crippen molar-refractivity contribution in [3.63, 3.8) is 0 Å². The number of hydrogen-bond acceptors (Lipinski definition) is 3. The van der Waals surface area contributed by atoms with Gasteiger partial charge in [0, 0.05) is 6.20 Å². The Bertz CT molecular complexity index is 387. The molecule has 0 atom stereocenters. The van der Waals surface area contributed by atoms with Crippen molar-refractivity contribution in [3.05, 3.63) is 24.0 Å². The van der Waals surface area contributed by atoms with Crippen molar-refractivity contribution < 1.29 is 8.42 Å². The van der Waals surface area contributed by atoms with Crippen LogP contribution in [0.15, 0.2) is 18.5 Å². The average Bonchev–Trinajstić information content (AvgIpc) is 2.01. The number of nitrogens with one attached hydrogen (secondary N) is 1. The first kappa shape index (κ1) is 9.98. The molecule has 4 nitrogen and oxygen atoms in total. The van der Waals surface area contributed by atoms with E-state index in [0.717, 1.165) is 18.2 Å². The van der Waals surface area contributed by atoms with E-state index >= 15 is 0 Å². The number of anilines is 1. The number of nitrogens with zero attached hydrogens (tertiary/aromatic N) is 1. The summed E-state index contributed by atoms with van der Waals surface area (Å²) in [6.45, 7) is 1.99. The Labute approximate surface area is 78.1 Å². The van der Waals surface area contributed by atoms with Gasteiger partial charge < -0.3 is 0 Å². The molecule has 0 amide bonds. The maximum atomic E-state index is 10.9. The van der Waals surface area contributed by atoms with E-state index in [2.05, 4.69) is 9.71 Å². The van der Waals surface area contributed by atoms with E-state index in [0.29, 0.717) is 5.69 Å². The summed E-state index contributed by atoms with van der Waals surface area (Å²) >= 11 is 0. The van der Waals surface area contributed by atoms with Gasteiger partial charge in [0.1, 0.15) is 0 Å². The van der Waals surface area contributed by atoms with Gasteiger partial charge in [0.25, 0.3) is 0 Å². The zero-order chi connectivity index (χ0) is 9.90. The van der Waals surface area contributed by atoms with Crippen LogP contribution in [0.1, 0.15) is 12.5 Å². The zero-order valence-electron chi connectivity index (χ0n) is 7.61. The third-order valence-electron chi connectivity index (χ3n) is 1.51. The van der Waals surface area contributed by atoms with E-state index < -0.39 is 10.0 Å². The Morgan fingerprint density at radius 2 is 2.15 bits per heavy atom. The Morgan fingerprint density at radius 3 is 2.69 bits per heavy atom. The SMILES string of the molecule is CCc1cncc(NS(C)(=O)=O)c1. The number of hydrogen-bond donors (Lipinski definition) is 1. The third kappa shape index (κ3) is 3.42. The minimum Gasteiger partial charge on any atom is -0.282 e. The van der Waals surface area contributed by atoms with Gasteiger partial charge in [-0.3, -0.25) is 9.71 Å². The molecule has 5 heteroatoms. The van der Waals surface area contributed by atoms with Crippen LogP contribution in [0.25, 0.3) is 0 Å². The molecule has 0 radical (unpaired) electrons. The number of pyridine rings is 1. The molecule has 1 N–H and O–H groups in total. The summed E-state index contributed by atoms with van der Waals surface area (Å²) in [4.78, 5) is 3.91. The van der Waals surface area contributed by atoms with E-state index in [9.17, 15) is 8.42 Å². The summed E-state index contributed by atoms with van der Waals surface area (Å²) in [5.74, 6) is 0. The molecule has 0 aromatic carbocycles. The van der Waals surface area contributed by atoms with Crippen LogP contribution in [0.4, 0.5) is 5.69 Å². The quantitative estimate of drug-likeness (QED) is 0.792. The first-order chi connectivity index (χ1) is 6.01. The van der Waals surface area contributed by atoms with Crippen molar-refractivity contribution in [1.82, 2.24) is 4.98 Å². The van der Waals surface area contributed by atoms with Crippen molar-refractivity contribution in [2.75, 3.05) is 11.0 Å². The highest BCUT2D eigenvalue weighted by atomic mass is 32.2. The van der Waals surface area contributed by atoms with Gasteiger partial charge in [-0.15, -0.1) is 0 Å². The Hall–Kier alpha value is -1.10. The van der Waals surface area contributed by atoms with Gasteiger partial charge >= 0.3 is 0 Å². The lowest BCUT2D eigenvalue weighted by atomic mass is 10.2. The molecule has 0 saturated carbocycles. The smallest absolute Gasteiger partial charge is 0.229 e. The normalized spacial score (nSPS) is 11.2. The van der Waals surface area contributed by atoms with Gasteiger partial charge in [0.05, 0.1) is 18.1 Å². The van der Waals surface area contributed by atoms with Gasteiger partial charge in [0.15, 0.2) is 0 Å². The fraction of sp³-hybridized carbons (Fsp3) is 0.375. The van der Waals surface area contributed by atoms with Crippen molar-refractivity contribution in [1.29, 1.82) is 0 Å². The van der Waals surface area contributed by atoms with E-state index in [1.807, 2.05) is 6.92 Å². The lowest BCUT2D eigenvalue weighted by Crippen LogP contribution is -2.09. The summed E-state index contributed by atoms with van der Waals surface area (Å²) in [5, 5.41) is 0. The topological polar surface area (TPSA) is 59.1 Å². The second kappa shape index (κ2) is 3.74. The van der Waals surface area contributed by atoms with E-state index in [4.69, 9.17) is 0 Å². The predicted molar refractivity (Wildman–Crippen MR) is 52.1 cm³/mol. The monoisotopic (exact) mass is 200 g/mol. The van der Waals surface area contributed by atoms with Gasteiger partial charge in [-0.1, -0.05) is 6.92 Å². The van der Waals surface area contributed by atoms with Gasteiger partial charge in [-0.2, -0.15) is 0 Å². The molecule has 0 bridgehead atoms. The fourth-order valence-corrected chi connectivity index (χ4v) is 1.49. The number of sulfonamides is 1. The summed E-state index contributed by atoms with van der Waals surface area (Å²) in [7, 11) is -3.19. The molecular weight excluding hydrogens is 188 g/mol. The first-order valence-electron chi connectivity index (χ1n) is 3.93. The molecule has 0 aliphatic heterocycles. The molecule has 1 rings (SSSR count). The summed E-state index contributed by atoms with van der Waals surface area (Å²) < 4.78 is 24.1. The lowest BCUT2D eigenvalue weighted by Gasteiger charge is -2.03. The molecule has 0 unspecified atom stereocenters. The summed E-state index contributed by atoms with van der Waals surface area (Å²) in [5.41, 5.74) is 1.52. The highest BCUT2D eigenvalue weighted by molar-refractivity contribution is 7.92. The molecule has 0 fully saturated rings. The van der Waals surface area contributed by atoms with Crippen LogP contribution < -0.4 is 4.72 Å². The van der Waals surface area contributed by atoms with Crippen LogP contribution in [-0.4, -0.2) is 19.7 Å². The molecule has 72 valence electrons. The number of rotatable bonds is 3. The van der Waals surface area contributed by atoms with Crippen LogP contribution >= 0.6 is 0 Å². The molecular formula is C8H12N2O2S. The Kier molecular flexibility index (Phi) is 2.87. The third-order valence-corrected chi connectivity index (χ3v) is 2.11. The van der Waals surface area contributed by atoms with Gasteiger partial charge in [0.2, 0.25) is 10.0 Å². The van der Waals surface area contributed by atoms with E-state index in [1.54, 1.807) is 12.3 Å². The number of aromatic nitrogens is 1. The van der Waals surface area contributed by atoms with Crippen LogP contribution in [0.3, 0.4) is 0 Å². The van der Waals surface area contributed by atoms with Gasteiger partial charge in [-0.25, -0.2) is 8.42 Å². The van der Waals surface area contributed by atoms with E-state index in [1.165, 1.54) is 6.20 Å². The van der Waals surface area contributed by atoms with Crippen molar-refractivity contribution in [2.45, 2.75) is 13.3 Å². The maximum Gasteiger partial charge on any atom is 0.229 e. The molecule has 1 aromatic rings. The molecule has 0 aliphatic rings. The van der Waals surface area contributed by atoms with Crippen molar-refractivity contribution in [3.8, 4) is 0 Å². The highest BCUT2D eigenvalue weighted by Gasteiger charge is 2.01. The second-order valence-corrected chi connectivity index (χ2v) is 4.56. The van der Waals surface area contributed by atoms with Crippen LogP contribution in [0.5, 0.6) is 0 Å². The molecule has 13 heavy (non-hydrogen) atoms. The van der Waals surface area contributed by atoms with Crippen molar-refractivity contribution in [2.24, 2.45) is 0 Å². The van der Waals surface area contributed by atoms with E-state index in [-0.39, 0.29) is 0 Å². The van der Waals surface area contributed by atoms with Gasteiger partial charge in [-0.05, 0) is 18.1 Å². The Morgan fingerprint density at radius 1 is 1.46 bits per heavy atom. The second-order valence-electron chi connectivity index (χ2n) is 2.81. The van der Waals surface area contributed by atoms with Crippen LogP contribution in [-0.2, 0) is 16.4 Å². The highest BCUT2D eigenvalue weighted by Crippen LogP contribution is 2.09. The molecule has 1 heterocycles. The minimum atomic E-state index is -3.19. The first-order valence-corrected chi connectivity index (χ1v) is 5.82. The fourth-order valence-electron chi connectivity index (χ4n) is 0.951. The predicted octanol–water partition coefficient (Wildman–Crippen LogP) is 1.02. The lowest BCUT2D eigenvalue weighted by molar-refractivity contribution is 0.607. The standard InChI is InChI=1S/C8H12N2O2S/c1-3-7-4-8(6-9-5-7)10-13(2,11)12/h4-6,10H,3H2,1-2H3. The molecule has 0 saturated heterocycles. The average molecular weight is 200 g/mol. The van der Waals surface area contributed by atoms with Crippen LogP contribution in [0.2, 0.25) is 0 Å². The minimum absolute atomic E-state index is 0.516. The molecule has 0 spiro atoms. The molecule has 0 aliphatic carbocycles. The Balaban J connectivity index is 2.90. The number of aryl methyl sites for hydroxylation is 1. The maximum absolute atomic E-state index is 10.9. The van der Waals surface area contributed by atoms with Crippen LogP contribution in [0, 0.1) is 0 Å². The summed E-state index contributed by atoms with van der Waals surface area (Å²) in [6, 6.07) is 1.77.